The Bertz CT molecular complexity index is 1260. The number of pyridine rings is 1. The molecule has 1 aromatic carbocycles. The van der Waals surface area contributed by atoms with Crippen LogP contribution in [0.1, 0.15) is 42.9 Å². The number of ether oxygens (including phenoxy) is 3. The number of nitriles is 1. The van der Waals surface area contributed by atoms with Gasteiger partial charge in [0.15, 0.2) is 0 Å². The van der Waals surface area contributed by atoms with Crippen LogP contribution in [0.3, 0.4) is 0 Å². The molecule has 2 saturated heterocycles. The van der Waals surface area contributed by atoms with E-state index in [1.807, 2.05) is 36.5 Å². The number of piperidine rings is 1. The molecule has 0 amide bonds. The van der Waals surface area contributed by atoms with Crippen LogP contribution in [-0.4, -0.2) is 66.4 Å². The molecule has 0 radical (unpaired) electrons. The van der Waals surface area contributed by atoms with Gasteiger partial charge in [0.05, 0.1) is 49.2 Å². The summed E-state index contributed by atoms with van der Waals surface area (Å²) in [4.78, 5) is 15.9. The lowest BCUT2D eigenvalue weighted by Crippen LogP contribution is -2.29. The monoisotopic (exact) mass is 500 g/mol. The largest absolute Gasteiger partial charge is 0.495 e. The summed E-state index contributed by atoms with van der Waals surface area (Å²) in [5.41, 5.74) is 3.80. The van der Waals surface area contributed by atoms with E-state index in [0.717, 1.165) is 61.5 Å². The van der Waals surface area contributed by atoms with E-state index in [2.05, 4.69) is 33.3 Å². The summed E-state index contributed by atoms with van der Waals surface area (Å²) < 4.78 is 17.2. The van der Waals surface area contributed by atoms with Crippen LogP contribution in [0.25, 0.3) is 11.3 Å². The number of rotatable bonds is 7. The van der Waals surface area contributed by atoms with Crippen molar-refractivity contribution in [2.24, 2.45) is 0 Å². The summed E-state index contributed by atoms with van der Waals surface area (Å²) in [7, 11) is 3.84. The molecule has 2 aliphatic heterocycles. The highest BCUT2D eigenvalue weighted by Crippen LogP contribution is 2.34. The number of benzene rings is 1. The van der Waals surface area contributed by atoms with Gasteiger partial charge in [-0.3, -0.25) is 4.98 Å². The average Bonchev–Trinajstić information content (AvgIpc) is 2.94. The third kappa shape index (κ3) is 5.98. The molecule has 0 unspecified atom stereocenters. The topological polar surface area (TPSA) is 105 Å². The van der Waals surface area contributed by atoms with Crippen molar-refractivity contribution in [3.05, 3.63) is 54.1 Å². The second-order valence-electron chi connectivity index (χ2n) is 9.55. The van der Waals surface area contributed by atoms with Crippen LogP contribution < -0.4 is 14.8 Å². The van der Waals surface area contributed by atoms with Gasteiger partial charge in [0, 0.05) is 36.5 Å². The molecular weight excluding hydrogens is 468 g/mol. The van der Waals surface area contributed by atoms with Gasteiger partial charge in [0.1, 0.15) is 35.8 Å². The Labute approximate surface area is 217 Å². The molecule has 0 bridgehead atoms. The van der Waals surface area contributed by atoms with Crippen LogP contribution in [0.15, 0.2) is 42.9 Å². The van der Waals surface area contributed by atoms with Crippen LogP contribution in [-0.2, 0) is 4.74 Å². The Morgan fingerprint density at radius 1 is 1.03 bits per heavy atom. The Morgan fingerprint density at radius 3 is 2.59 bits per heavy atom. The van der Waals surface area contributed by atoms with Crippen molar-refractivity contribution >= 4 is 11.5 Å². The zero-order valence-electron chi connectivity index (χ0n) is 21.3. The third-order valence-electron chi connectivity index (χ3n) is 7.00. The quantitative estimate of drug-likeness (QED) is 0.501. The van der Waals surface area contributed by atoms with E-state index in [-0.39, 0.29) is 6.10 Å². The Hall–Kier alpha value is -3.74. The Kier molecular flexibility index (Phi) is 7.78. The van der Waals surface area contributed by atoms with Crippen molar-refractivity contribution < 1.29 is 14.2 Å². The van der Waals surface area contributed by atoms with Gasteiger partial charge in [-0.1, -0.05) is 0 Å². The van der Waals surface area contributed by atoms with Crippen LogP contribution in [0.5, 0.6) is 11.5 Å². The van der Waals surface area contributed by atoms with Crippen LogP contribution >= 0.6 is 0 Å². The number of methoxy groups -OCH3 is 1. The van der Waals surface area contributed by atoms with Crippen molar-refractivity contribution in [2.75, 3.05) is 45.8 Å². The highest BCUT2D eigenvalue weighted by molar-refractivity contribution is 5.68. The van der Waals surface area contributed by atoms with Crippen molar-refractivity contribution in [3.8, 4) is 28.8 Å². The van der Waals surface area contributed by atoms with E-state index in [1.165, 1.54) is 6.33 Å². The number of aromatic nitrogens is 3. The molecule has 192 valence electrons. The minimum absolute atomic E-state index is 0.0676. The van der Waals surface area contributed by atoms with Crippen LogP contribution in [0.2, 0.25) is 0 Å². The van der Waals surface area contributed by atoms with E-state index in [4.69, 9.17) is 19.2 Å². The molecule has 0 atom stereocenters. The second-order valence-corrected chi connectivity index (χ2v) is 9.55. The van der Waals surface area contributed by atoms with Gasteiger partial charge in [-0.2, -0.15) is 5.26 Å². The summed E-state index contributed by atoms with van der Waals surface area (Å²) in [5, 5.41) is 13.0. The second kappa shape index (κ2) is 11.5. The fraction of sp³-hybridized carbons (Fsp3) is 0.429. The zero-order chi connectivity index (χ0) is 25.6. The molecule has 2 fully saturated rings. The van der Waals surface area contributed by atoms with Gasteiger partial charge in [-0.05, 0) is 51.2 Å². The lowest BCUT2D eigenvalue weighted by Gasteiger charge is -2.29. The molecular formula is C28H32N6O3. The first-order valence-corrected chi connectivity index (χ1v) is 12.7. The van der Waals surface area contributed by atoms with Gasteiger partial charge in [-0.15, -0.1) is 0 Å². The maximum atomic E-state index is 9.73. The van der Waals surface area contributed by atoms with E-state index in [1.54, 1.807) is 7.11 Å². The smallest absolute Gasteiger partial charge is 0.142 e. The van der Waals surface area contributed by atoms with Gasteiger partial charge >= 0.3 is 0 Å². The van der Waals surface area contributed by atoms with E-state index in [9.17, 15) is 5.26 Å². The summed E-state index contributed by atoms with van der Waals surface area (Å²) in [5.74, 6) is 2.40. The maximum Gasteiger partial charge on any atom is 0.142 e. The predicted molar refractivity (Wildman–Crippen MR) is 140 cm³/mol. The molecule has 4 heterocycles. The van der Waals surface area contributed by atoms with Gasteiger partial charge in [-0.25, -0.2) is 9.97 Å². The molecule has 3 aromatic rings. The summed E-state index contributed by atoms with van der Waals surface area (Å²) in [6.07, 6.45) is 7.20. The number of nitrogens with zero attached hydrogens (tertiary/aromatic N) is 5. The Morgan fingerprint density at radius 2 is 1.84 bits per heavy atom. The normalized spacial score (nSPS) is 17.2. The summed E-state index contributed by atoms with van der Waals surface area (Å²) >= 11 is 0. The third-order valence-corrected chi connectivity index (χ3v) is 7.00. The lowest BCUT2D eigenvalue weighted by molar-refractivity contribution is 0.0254. The van der Waals surface area contributed by atoms with Crippen LogP contribution in [0.4, 0.5) is 11.5 Å². The molecule has 2 aromatic heterocycles. The van der Waals surface area contributed by atoms with Crippen molar-refractivity contribution in [2.45, 2.75) is 37.7 Å². The van der Waals surface area contributed by atoms with Crippen molar-refractivity contribution in [1.82, 2.24) is 19.9 Å². The molecule has 0 spiro atoms. The van der Waals surface area contributed by atoms with Gasteiger partial charge < -0.3 is 24.4 Å². The van der Waals surface area contributed by atoms with Crippen molar-refractivity contribution in [1.29, 1.82) is 5.26 Å². The fourth-order valence-electron chi connectivity index (χ4n) is 4.86. The molecule has 9 heteroatoms. The number of likely N-dealkylation sites (tertiary alicyclic amines) is 1. The first-order chi connectivity index (χ1) is 18.1. The van der Waals surface area contributed by atoms with Crippen LogP contribution in [0, 0.1) is 11.3 Å². The number of nitrogens with one attached hydrogen (secondary N) is 1. The molecule has 0 saturated carbocycles. The lowest BCUT2D eigenvalue weighted by atomic mass is 9.92. The zero-order valence-corrected chi connectivity index (χ0v) is 21.3. The first kappa shape index (κ1) is 24.9. The van der Waals surface area contributed by atoms with E-state index >= 15 is 0 Å². The molecule has 9 nitrogen and oxygen atoms in total. The molecule has 37 heavy (non-hydrogen) atoms. The van der Waals surface area contributed by atoms with E-state index < -0.39 is 0 Å². The highest BCUT2D eigenvalue weighted by atomic mass is 16.5. The number of anilines is 2. The van der Waals surface area contributed by atoms with E-state index in [0.29, 0.717) is 42.0 Å². The number of hydrogen-bond donors (Lipinski definition) is 1. The molecule has 2 aliphatic rings. The molecule has 5 rings (SSSR count). The minimum atomic E-state index is 0.0676. The van der Waals surface area contributed by atoms with Crippen molar-refractivity contribution in [3.63, 3.8) is 0 Å². The first-order valence-electron chi connectivity index (χ1n) is 12.7. The fourth-order valence-corrected chi connectivity index (χ4v) is 4.86. The average molecular weight is 501 g/mol. The Balaban J connectivity index is 1.32. The summed E-state index contributed by atoms with van der Waals surface area (Å²) in [6, 6.07) is 11.7. The van der Waals surface area contributed by atoms with Gasteiger partial charge in [0.2, 0.25) is 0 Å². The molecule has 0 aliphatic carbocycles. The highest BCUT2D eigenvalue weighted by Gasteiger charge is 2.23. The maximum absolute atomic E-state index is 9.73. The predicted octanol–water partition coefficient (Wildman–Crippen LogP) is 4.53. The summed E-state index contributed by atoms with van der Waals surface area (Å²) in [6.45, 7) is 3.50. The minimum Gasteiger partial charge on any atom is -0.495 e. The standard InChI is InChI=1S/C28H32N6O3/c1-34-9-5-19(6-10-34)28-26(35-2)14-22(17-30-28)33-27-15-24(31-18-32-27)20-3-4-25(21(13-20)16-29)37-23-7-11-36-12-8-23/h3-4,13-15,17-19,23H,5-12H2,1-2H3,(H,31,32,33). The molecule has 1 N–H and O–H groups in total. The SMILES string of the molecule is COc1cc(Nc2cc(-c3ccc(OC4CCOCC4)c(C#N)c3)ncn2)cnc1C1CCN(C)CC1. The number of hydrogen-bond acceptors (Lipinski definition) is 9. The van der Waals surface area contributed by atoms with Gasteiger partial charge in [0.25, 0.3) is 0 Å².